The first-order valence-electron chi connectivity index (χ1n) is 8.94. The molecule has 0 radical (unpaired) electrons. The van der Waals surface area contributed by atoms with E-state index in [1.54, 1.807) is 11.1 Å². The molecule has 6 heteroatoms. The molecule has 1 N–H and O–H groups in total. The summed E-state index contributed by atoms with van der Waals surface area (Å²) in [6, 6.07) is 0. The zero-order valence-electron chi connectivity index (χ0n) is 14.7. The number of carbonyl (C=O) groups is 2. The van der Waals surface area contributed by atoms with Crippen molar-refractivity contribution in [2.75, 3.05) is 13.1 Å². The highest BCUT2D eigenvalue weighted by atomic mass is 16.4. The summed E-state index contributed by atoms with van der Waals surface area (Å²) in [6.07, 6.45) is 4.55. The summed E-state index contributed by atoms with van der Waals surface area (Å²) in [5, 5.41) is 13.8. The van der Waals surface area contributed by atoms with Gasteiger partial charge in [-0.1, -0.05) is 20.8 Å². The SMILES string of the molecule is CC(C)Cn1ncc(C(=O)N2CC(C)CC(C(=O)O)C2)c1C1CC1. The van der Waals surface area contributed by atoms with Crippen molar-refractivity contribution >= 4 is 11.9 Å². The molecule has 1 amide bonds. The number of nitrogens with zero attached hydrogens (tertiary/aromatic N) is 3. The van der Waals surface area contributed by atoms with E-state index in [0.29, 0.717) is 36.9 Å². The fraction of sp³-hybridized carbons (Fsp3) is 0.722. The van der Waals surface area contributed by atoms with Crippen LogP contribution in [0, 0.1) is 17.8 Å². The number of amides is 1. The van der Waals surface area contributed by atoms with Crippen LogP contribution in [0.25, 0.3) is 0 Å². The summed E-state index contributed by atoms with van der Waals surface area (Å²) in [5.41, 5.74) is 1.73. The smallest absolute Gasteiger partial charge is 0.308 e. The minimum Gasteiger partial charge on any atom is -0.481 e. The summed E-state index contributed by atoms with van der Waals surface area (Å²) < 4.78 is 1.98. The number of piperidine rings is 1. The van der Waals surface area contributed by atoms with Gasteiger partial charge in [-0.25, -0.2) is 0 Å². The first-order valence-corrected chi connectivity index (χ1v) is 8.94. The molecule has 24 heavy (non-hydrogen) atoms. The van der Waals surface area contributed by atoms with Crippen LogP contribution in [-0.2, 0) is 11.3 Å². The second kappa shape index (κ2) is 6.57. The van der Waals surface area contributed by atoms with Crippen molar-refractivity contribution < 1.29 is 14.7 Å². The number of aliphatic carboxylic acids is 1. The van der Waals surface area contributed by atoms with Gasteiger partial charge < -0.3 is 10.0 Å². The zero-order valence-corrected chi connectivity index (χ0v) is 14.7. The summed E-state index contributed by atoms with van der Waals surface area (Å²) in [7, 11) is 0. The number of likely N-dealkylation sites (tertiary alicyclic amines) is 1. The van der Waals surface area contributed by atoms with Gasteiger partial charge in [0, 0.05) is 25.6 Å². The van der Waals surface area contributed by atoms with Crippen LogP contribution in [0.2, 0.25) is 0 Å². The molecule has 1 aliphatic carbocycles. The molecular weight excluding hydrogens is 306 g/mol. The van der Waals surface area contributed by atoms with Crippen molar-refractivity contribution in [1.29, 1.82) is 0 Å². The Hall–Kier alpha value is -1.85. The van der Waals surface area contributed by atoms with Gasteiger partial charge in [-0.2, -0.15) is 5.10 Å². The molecule has 2 unspecified atom stereocenters. The van der Waals surface area contributed by atoms with Gasteiger partial charge in [-0.05, 0) is 31.1 Å². The van der Waals surface area contributed by atoms with Crippen LogP contribution in [0.5, 0.6) is 0 Å². The third-order valence-electron chi connectivity index (χ3n) is 4.91. The molecule has 0 aromatic carbocycles. The van der Waals surface area contributed by atoms with E-state index < -0.39 is 11.9 Å². The Morgan fingerprint density at radius 3 is 2.62 bits per heavy atom. The average molecular weight is 333 g/mol. The maximum Gasteiger partial charge on any atom is 0.308 e. The molecule has 1 aliphatic heterocycles. The van der Waals surface area contributed by atoms with Crippen LogP contribution in [0.4, 0.5) is 0 Å². The van der Waals surface area contributed by atoms with Gasteiger partial charge in [-0.3, -0.25) is 14.3 Å². The lowest BCUT2D eigenvalue weighted by Crippen LogP contribution is -2.45. The van der Waals surface area contributed by atoms with Gasteiger partial charge in [0.1, 0.15) is 0 Å². The minimum atomic E-state index is -0.808. The second-order valence-corrected chi connectivity index (χ2v) is 7.88. The lowest BCUT2D eigenvalue weighted by atomic mass is 9.90. The molecule has 6 nitrogen and oxygen atoms in total. The van der Waals surface area contributed by atoms with Crippen molar-refractivity contribution in [2.24, 2.45) is 17.8 Å². The van der Waals surface area contributed by atoms with E-state index in [4.69, 9.17) is 0 Å². The van der Waals surface area contributed by atoms with Gasteiger partial charge in [0.15, 0.2) is 0 Å². The Morgan fingerprint density at radius 2 is 2.04 bits per heavy atom. The van der Waals surface area contributed by atoms with Gasteiger partial charge in [0.2, 0.25) is 0 Å². The third kappa shape index (κ3) is 3.47. The zero-order chi connectivity index (χ0) is 17.4. The summed E-state index contributed by atoms with van der Waals surface area (Å²) in [5.74, 6) is -0.215. The number of carboxylic acids is 1. The first kappa shape index (κ1) is 17.0. The van der Waals surface area contributed by atoms with Crippen LogP contribution in [0.3, 0.4) is 0 Å². The van der Waals surface area contributed by atoms with E-state index in [-0.39, 0.29) is 11.8 Å². The van der Waals surface area contributed by atoms with E-state index in [0.717, 1.165) is 25.1 Å². The Kier molecular flexibility index (Phi) is 4.65. The van der Waals surface area contributed by atoms with E-state index >= 15 is 0 Å². The van der Waals surface area contributed by atoms with Gasteiger partial charge in [-0.15, -0.1) is 0 Å². The van der Waals surface area contributed by atoms with E-state index in [2.05, 4.69) is 18.9 Å². The molecule has 0 bridgehead atoms. The molecule has 3 rings (SSSR count). The standard InChI is InChI=1S/C18H27N3O3/c1-11(2)8-21-16(13-4-5-13)15(7-19-21)17(22)20-9-12(3)6-14(10-20)18(23)24/h7,11-14H,4-6,8-10H2,1-3H3,(H,23,24). The molecule has 2 aliphatic rings. The van der Waals surface area contributed by atoms with E-state index in [1.165, 1.54) is 0 Å². The lowest BCUT2D eigenvalue weighted by molar-refractivity contribution is -0.143. The first-order chi connectivity index (χ1) is 11.4. The van der Waals surface area contributed by atoms with Crippen LogP contribution in [0.15, 0.2) is 6.20 Å². The molecule has 1 saturated carbocycles. The number of carbonyl (C=O) groups excluding carboxylic acids is 1. The molecule has 1 saturated heterocycles. The van der Waals surface area contributed by atoms with Crippen molar-refractivity contribution in [3.63, 3.8) is 0 Å². The number of hydrogen-bond acceptors (Lipinski definition) is 3. The Labute approximate surface area is 142 Å². The molecule has 1 aromatic rings. The van der Waals surface area contributed by atoms with Crippen molar-refractivity contribution in [3.05, 3.63) is 17.5 Å². The molecule has 1 aromatic heterocycles. The normalized spacial score (nSPS) is 24.4. The molecule has 2 atom stereocenters. The Morgan fingerprint density at radius 1 is 1.33 bits per heavy atom. The van der Waals surface area contributed by atoms with Crippen LogP contribution in [-0.4, -0.2) is 44.8 Å². The highest BCUT2D eigenvalue weighted by Crippen LogP contribution is 2.42. The van der Waals surface area contributed by atoms with Crippen molar-refractivity contribution in [2.45, 2.75) is 52.5 Å². The summed E-state index contributed by atoms with van der Waals surface area (Å²) in [4.78, 5) is 26.1. The summed E-state index contributed by atoms with van der Waals surface area (Å²) >= 11 is 0. The molecule has 2 heterocycles. The molecule has 2 fully saturated rings. The fourth-order valence-electron chi connectivity index (χ4n) is 3.71. The molecule has 0 spiro atoms. The van der Waals surface area contributed by atoms with Gasteiger partial charge in [0.25, 0.3) is 5.91 Å². The quantitative estimate of drug-likeness (QED) is 0.899. The third-order valence-corrected chi connectivity index (χ3v) is 4.91. The molecular formula is C18H27N3O3. The van der Waals surface area contributed by atoms with Crippen molar-refractivity contribution in [3.8, 4) is 0 Å². The number of hydrogen-bond donors (Lipinski definition) is 1. The van der Waals surface area contributed by atoms with Crippen molar-refractivity contribution in [1.82, 2.24) is 14.7 Å². The number of aromatic nitrogens is 2. The van der Waals surface area contributed by atoms with Crippen LogP contribution in [0.1, 0.15) is 62.0 Å². The highest BCUT2D eigenvalue weighted by molar-refractivity contribution is 5.95. The number of rotatable bonds is 5. The highest BCUT2D eigenvalue weighted by Gasteiger charge is 2.37. The van der Waals surface area contributed by atoms with Gasteiger partial charge >= 0.3 is 5.97 Å². The number of carboxylic acid groups (broad SMARTS) is 1. The maximum absolute atomic E-state index is 13.0. The second-order valence-electron chi connectivity index (χ2n) is 7.88. The molecule has 132 valence electrons. The lowest BCUT2D eigenvalue weighted by Gasteiger charge is -2.34. The van der Waals surface area contributed by atoms with E-state index in [1.807, 2.05) is 11.6 Å². The van der Waals surface area contributed by atoms with Gasteiger partial charge in [0.05, 0.1) is 23.4 Å². The largest absolute Gasteiger partial charge is 0.481 e. The predicted octanol–water partition coefficient (Wildman–Crippen LogP) is 2.60. The fourth-order valence-corrected chi connectivity index (χ4v) is 3.71. The van der Waals surface area contributed by atoms with Crippen LogP contribution < -0.4 is 0 Å². The minimum absolute atomic E-state index is 0.0512. The Bertz CT molecular complexity index is 633. The predicted molar refractivity (Wildman–Crippen MR) is 89.9 cm³/mol. The van der Waals surface area contributed by atoms with Crippen LogP contribution >= 0.6 is 0 Å². The summed E-state index contributed by atoms with van der Waals surface area (Å²) in [6.45, 7) is 8.04. The Balaban J connectivity index is 1.84. The van der Waals surface area contributed by atoms with E-state index in [9.17, 15) is 14.7 Å². The maximum atomic E-state index is 13.0. The average Bonchev–Trinajstić information content (AvgIpc) is 3.26. The monoisotopic (exact) mass is 333 g/mol. The topological polar surface area (TPSA) is 75.4 Å².